The van der Waals surface area contributed by atoms with Crippen LogP contribution in [-0.4, -0.2) is 38.5 Å². The van der Waals surface area contributed by atoms with Crippen LogP contribution in [0, 0.1) is 18.6 Å². The number of hydrogen-bond donors (Lipinski definition) is 1. The summed E-state index contributed by atoms with van der Waals surface area (Å²) in [6.45, 7) is 3.26. The van der Waals surface area contributed by atoms with Crippen LogP contribution in [-0.2, 0) is 11.3 Å². The third kappa shape index (κ3) is 3.52. The summed E-state index contributed by atoms with van der Waals surface area (Å²) in [4.78, 5) is 9.66. The number of aryl methyl sites for hydroxylation is 1. The van der Waals surface area contributed by atoms with Crippen LogP contribution in [0.4, 0.5) is 8.78 Å². The van der Waals surface area contributed by atoms with Crippen molar-refractivity contribution >= 4 is 11.3 Å². The van der Waals surface area contributed by atoms with Crippen molar-refractivity contribution in [2.24, 2.45) is 0 Å². The molecule has 0 aliphatic carbocycles. The summed E-state index contributed by atoms with van der Waals surface area (Å²) in [6, 6.07) is 3.75. The van der Waals surface area contributed by atoms with Crippen molar-refractivity contribution in [2.75, 3.05) is 13.2 Å². The lowest BCUT2D eigenvalue weighted by Crippen LogP contribution is -2.40. The molecule has 1 aliphatic rings. The zero-order valence-corrected chi connectivity index (χ0v) is 15.6. The van der Waals surface area contributed by atoms with E-state index in [2.05, 4.69) is 9.97 Å². The number of hydrogen-bond acceptors (Lipinski definition) is 5. The van der Waals surface area contributed by atoms with E-state index >= 15 is 0 Å². The average Bonchev–Trinajstić information content (AvgIpc) is 3.23. The fourth-order valence-electron chi connectivity index (χ4n) is 3.35. The first-order valence-electron chi connectivity index (χ1n) is 8.68. The molecule has 27 heavy (non-hydrogen) atoms. The Morgan fingerprint density at radius 1 is 1.22 bits per heavy atom. The SMILES string of the molecule is Cc1ncsc1-c1c(-c2ccc(F)c(F)c2)ncn1CC1(O)CCOCC1. The van der Waals surface area contributed by atoms with Gasteiger partial charge in [0.15, 0.2) is 11.6 Å². The molecule has 3 heterocycles. The lowest BCUT2D eigenvalue weighted by molar-refractivity contribution is -0.0725. The van der Waals surface area contributed by atoms with E-state index in [0.717, 1.165) is 28.4 Å². The molecule has 0 spiro atoms. The summed E-state index contributed by atoms with van der Waals surface area (Å²) in [5.41, 5.74) is 3.44. The van der Waals surface area contributed by atoms with Gasteiger partial charge in [-0.3, -0.25) is 0 Å². The second-order valence-electron chi connectivity index (χ2n) is 6.80. The Kier molecular flexibility index (Phi) is 4.79. The molecule has 0 unspecified atom stereocenters. The van der Waals surface area contributed by atoms with Gasteiger partial charge in [0.1, 0.15) is 0 Å². The van der Waals surface area contributed by atoms with Crippen molar-refractivity contribution in [2.45, 2.75) is 31.9 Å². The van der Waals surface area contributed by atoms with E-state index in [1.165, 1.54) is 17.4 Å². The fourth-order valence-corrected chi connectivity index (χ4v) is 4.22. The fraction of sp³-hybridized carbons (Fsp3) is 0.368. The van der Waals surface area contributed by atoms with Gasteiger partial charge in [0.2, 0.25) is 0 Å². The lowest BCUT2D eigenvalue weighted by Gasteiger charge is -2.32. The normalized spacial score (nSPS) is 16.6. The first-order valence-corrected chi connectivity index (χ1v) is 9.56. The quantitative estimate of drug-likeness (QED) is 0.735. The third-order valence-corrected chi connectivity index (χ3v) is 5.81. The maximum atomic E-state index is 13.8. The van der Waals surface area contributed by atoms with Gasteiger partial charge in [-0.05, 0) is 25.1 Å². The number of imidazole rings is 1. The maximum absolute atomic E-state index is 13.8. The third-order valence-electron chi connectivity index (χ3n) is 4.88. The predicted molar refractivity (Wildman–Crippen MR) is 98.4 cm³/mol. The molecule has 1 aromatic carbocycles. The molecule has 1 fully saturated rings. The van der Waals surface area contributed by atoms with E-state index in [4.69, 9.17) is 4.74 Å². The molecule has 1 saturated heterocycles. The van der Waals surface area contributed by atoms with Crippen molar-refractivity contribution < 1.29 is 18.6 Å². The summed E-state index contributed by atoms with van der Waals surface area (Å²) < 4.78 is 34.4. The Morgan fingerprint density at radius 2 is 2.00 bits per heavy atom. The summed E-state index contributed by atoms with van der Waals surface area (Å²) in [6.07, 6.45) is 2.71. The standard InChI is InChI=1S/C19H19F2N3O2S/c1-12-18(27-11-23-12)17-16(13-2-3-14(20)15(21)8-13)22-10-24(17)9-19(25)4-6-26-7-5-19/h2-3,8,10-11,25H,4-7,9H2,1H3. The smallest absolute Gasteiger partial charge is 0.159 e. The highest BCUT2D eigenvalue weighted by Crippen LogP contribution is 2.37. The number of benzene rings is 1. The molecule has 2 aromatic heterocycles. The number of aromatic nitrogens is 3. The summed E-state index contributed by atoms with van der Waals surface area (Å²) in [5, 5.41) is 10.9. The second kappa shape index (κ2) is 7.10. The molecule has 4 rings (SSSR count). The van der Waals surface area contributed by atoms with Gasteiger partial charge in [0, 0.05) is 31.6 Å². The summed E-state index contributed by atoms with van der Waals surface area (Å²) >= 11 is 1.45. The van der Waals surface area contributed by atoms with Crippen LogP contribution in [0.2, 0.25) is 0 Å². The lowest BCUT2D eigenvalue weighted by atomic mass is 9.94. The Hall–Kier alpha value is -2.16. The Labute approximate surface area is 159 Å². The van der Waals surface area contributed by atoms with Crippen molar-refractivity contribution in [3.8, 4) is 21.8 Å². The van der Waals surface area contributed by atoms with Crippen LogP contribution in [0.15, 0.2) is 30.0 Å². The first-order chi connectivity index (χ1) is 13.0. The molecule has 3 aromatic rings. The van der Waals surface area contributed by atoms with E-state index in [1.807, 2.05) is 11.5 Å². The monoisotopic (exact) mass is 391 g/mol. The van der Waals surface area contributed by atoms with E-state index in [1.54, 1.807) is 11.8 Å². The number of halogens is 2. The van der Waals surface area contributed by atoms with E-state index in [0.29, 0.717) is 43.9 Å². The maximum Gasteiger partial charge on any atom is 0.159 e. The molecule has 0 bridgehead atoms. The molecule has 8 heteroatoms. The number of rotatable bonds is 4. The van der Waals surface area contributed by atoms with Crippen molar-refractivity contribution in [3.05, 3.63) is 47.4 Å². The van der Waals surface area contributed by atoms with Gasteiger partial charge < -0.3 is 14.4 Å². The van der Waals surface area contributed by atoms with Gasteiger partial charge in [-0.15, -0.1) is 11.3 Å². The molecule has 0 radical (unpaired) electrons. The van der Waals surface area contributed by atoms with E-state index in [9.17, 15) is 13.9 Å². The molecular formula is C19H19F2N3O2S. The van der Waals surface area contributed by atoms with Crippen LogP contribution >= 0.6 is 11.3 Å². The topological polar surface area (TPSA) is 60.2 Å². The molecule has 5 nitrogen and oxygen atoms in total. The average molecular weight is 391 g/mol. The van der Waals surface area contributed by atoms with E-state index < -0.39 is 17.2 Å². The number of aliphatic hydroxyl groups is 1. The largest absolute Gasteiger partial charge is 0.388 e. The molecule has 0 amide bonds. The minimum atomic E-state index is -0.919. The van der Waals surface area contributed by atoms with Gasteiger partial charge in [-0.25, -0.2) is 18.7 Å². The minimum absolute atomic E-state index is 0.347. The van der Waals surface area contributed by atoms with Crippen LogP contribution in [0.1, 0.15) is 18.5 Å². The molecular weight excluding hydrogens is 372 g/mol. The molecule has 142 valence electrons. The second-order valence-corrected chi connectivity index (χ2v) is 7.66. The van der Waals surface area contributed by atoms with E-state index in [-0.39, 0.29) is 0 Å². The molecule has 0 atom stereocenters. The molecule has 0 saturated carbocycles. The van der Waals surface area contributed by atoms with Crippen LogP contribution in [0.5, 0.6) is 0 Å². The Balaban J connectivity index is 1.81. The van der Waals surface area contributed by atoms with Crippen molar-refractivity contribution in [1.29, 1.82) is 0 Å². The van der Waals surface area contributed by atoms with Gasteiger partial charge in [0.25, 0.3) is 0 Å². The minimum Gasteiger partial charge on any atom is -0.388 e. The predicted octanol–water partition coefficient (Wildman–Crippen LogP) is 3.80. The zero-order valence-electron chi connectivity index (χ0n) is 14.8. The highest BCUT2D eigenvalue weighted by Gasteiger charge is 2.32. The Bertz CT molecular complexity index is 964. The van der Waals surface area contributed by atoms with Crippen LogP contribution in [0.3, 0.4) is 0 Å². The number of ether oxygens (including phenoxy) is 1. The van der Waals surface area contributed by atoms with Gasteiger partial charge >= 0.3 is 0 Å². The molecule has 1 aliphatic heterocycles. The van der Waals surface area contributed by atoms with Crippen LogP contribution < -0.4 is 0 Å². The summed E-state index contributed by atoms with van der Waals surface area (Å²) in [5.74, 6) is -1.82. The highest BCUT2D eigenvalue weighted by atomic mass is 32.1. The number of thiazole rings is 1. The first kappa shape index (κ1) is 18.2. The zero-order chi connectivity index (χ0) is 19.0. The van der Waals surface area contributed by atoms with Crippen molar-refractivity contribution in [3.63, 3.8) is 0 Å². The van der Waals surface area contributed by atoms with Gasteiger partial charge in [-0.2, -0.15) is 0 Å². The van der Waals surface area contributed by atoms with Crippen LogP contribution in [0.25, 0.3) is 21.8 Å². The highest BCUT2D eigenvalue weighted by molar-refractivity contribution is 7.13. The number of nitrogens with zero attached hydrogens (tertiary/aromatic N) is 3. The van der Waals surface area contributed by atoms with Gasteiger partial charge in [-0.1, -0.05) is 0 Å². The van der Waals surface area contributed by atoms with Crippen molar-refractivity contribution in [1.82, 2.24) is 14.5 Å². The van der Waals surface area contributed by atoms with Gasteiger partial charge in [0.05, 0.1) is 45.9 Å². The molecule has 1 N–H and O–H groups in total. The Morgan fingerprint density at radius 3 is 2.67 bits per heavy atom. The summed E-state index contributed by atoms with van der Waals surface area (Å²) in [7, 11) is 0.